The van der Waals surface area contributed by atoms with Crippen molar-refractivity contribution in [3.8, 4) is 0 Å². The Kier molecular flexibility index (Phi) is 4.30. The lowest BCUT2D eigenvalue weighted by Crippen LogP contribution is -2.13. The van der Waals surface area contributed by atoms with Crippen LogP contribution in [-0.4, -0.2) is 17.6 Å². The summed E-state index contributed by atoms with van der Waals surface area (Å²) in [7, 11) is 0. The lowest BCUT2D eigenvalue weighted by Gasteiger charge is -2.10. The van der Waals surface area contributed by atoms with E-state index in [0.29, 0.717) is 0 Å². The first-order valence-electron chi connectivity index (χ1n) is 4.83. The third-order valence-corrected chi connectivity index (χ3v) is 2.00. The van der Waals surface area contributed by atoms with E-state index in [2.05, 4.69) is 9.72 Å². The van der Waals surface area contributed by atoms with Gasteiger partial charge in [0.15, 0.2) is 5.82 Å². The number of esters is 1. The van der Waals surface area contributed by atoms with Gasteiger partial charge in [-0.2, -0.15) is 0 Å². The summed E-state index contributed by atoms with van der Waals surface area (Å²) in [6, 6.07) is 0. The van der Waals surface area contributed by atoms with E-state index >= 15 is 0 Å². The number of alkyl halides is 2. The van der Waals surface area contributed by atoms with Crippen LogP contribution in [0.2, 0.25) is 0 Å². The van der Waals surface area contributed by atoms with Gasteiger partial charge >= 0.3 is 5.97 Å². The van der Waals surface area contributed by atoms with Crippen LogP contribution < -0.4 is 5.73 Å². The first-order chi connectivity index (χ1) is 7.97. The molecule has 2 N–H and O–H groups in total. The largest absolute Gasteiger partial charge is 0.466 e. The molecular weight excluding hydrogens is 237 g/mol. The van der Waals surface area contributed by atoms with Crippen molar-refractivity contribution in [2.75, 3.05) is 12.3 Å². The molecule has 0 amide bonds. The van der Waals surface area contributed by atoms with Gasteiger partial charge in [-0.15, -0.1) is 0 Å². The molecular formula is C10H11F3N2O2. The highest BCUT2D eigenvalue weighted by Gasteiger charge is 2.23. The summed E-state index contributed by atoms with van der Waals surface area (Å²) < 4.78 is 43.2. The average Bonchev–Trinajstić information content (AvgIpc) is 2.23. The summed E-state index contributed by atoms with van der Waals surface area (Å²) in [5.41, 5.74) is 3.35. The molecule has 0 saturated carbocycles. The number of halogens is 3. The van der Waals surface area contributed by atoms with Crippen molar-refractivity contribution >= 4 is 11.7 Å². The fourth-order valence-electron chi connectivity index (χ4n) is 1.27. The maximum absolute atomic E-state index is 13.4. The summed E-state index contributed by atoms with van der Waals surface area (Å²) in [4.78, 5) is 14.7. The molecule has 0 aliphatic heterocycles. The summed E-state index contributed by atoms with van der Waals surface area (Å²) in [6.07, 6.45) is -2.70. The molecule has 0 atom stereocenters. The minimum Gasteiger partial charge on any atom is -0.466 e. The summed E-state index contributed by atoms with van der Waals surface area (Å²) in [5.74, 6) is -1.99. The van der Waals surface area contributed by atoms with Gasteiger partial charge in [-0.05, 0) is 6.92 Å². The topological polar surface area (TPSA) is 65.2 Å². The Morgan fingerprint density at radius 2 is 2.24 bits per heavy atom. The second-order valence-corrected chi connectivity index (χ2v) is 3.17. The number of anilines is 1. The molecule has 1 heterocycles. The van der Waals surface area contributed by atoms with Crippen molar-refractivity contribution in [3.05, 3.63) is 23.3 Å². The fraction of sp³-hybridized carbons (Fsp3) is 0.400. The van der Waals surface area contributed by atoms with Crippen molar-refractivity contribution < 1.29 is 22.7 Å². The molecule has 0 radical (unpaired) electrons. The molecule has 1 aromatic rings. The van der Waals surface area contributed by atoms with E-state index in [1.165, 1.54) is 0 Å². The molecule has 0 aliphatic carbocycles. The zero-order valence-corrected chi connectivity index (χ0v) is 9.04. The number of rotatable bonds is 4. The lowest BCUT2D eigenvalue weighted by atomic mass is 10.1. The molecule has 0 saturated heterocycles. The molecule has 4 nitrogen and oxygen atoms in total. The second kappa shape index (κ2) is 5.51. The quantitative estimate of drug-likeness (QED) is 0.826. The number of nitrogens with two attached hydrogens (primary N) is 1. The number of nitrogen functional groups attached to an aromatic ring is 1. The Morgan fingerprint density at radius 1 is 1.59 bits per heavy atom. The van der Waals surface area contributed by atoms with Crippen molar-refractivity contribution in [1.82, 2.24) is 4.98 Å². The van der Waals surface area contributed by atoms with Crippen LogP contribution in [0.4, 0.5) is 18.9 Å². The smallest absolute Gasteiger partial charge is 0.311 e. The maximum atomic E-state index is 13.4. The van der Waals surface area contributed by atoms with Crippen LogP contribution in [0.3, 0.4) is 0 Å². The van der Waals surface area contributed by atoms with E-state index in [1.54, 1.807) is 6.92 Å². The first kappa shape index (κ1) is 13.3. The molecule has 17 heavy (non-hydrogen) atoms. The number of ether oxygens (including phenoxy) is 1. The molecule has 0 aliphatic rings. The third kappa shape index (κ3) is 3.08. The Balaban J connectivity index is 3.07. The van der Waals surface area contributed by atoms with Crippen molar-refractivity contribution in [2.24, 2.45) is 0 Å². The lowest BCUT2D eigenvalue weighted by molar-refractivity contribution is -0.142. The minimum atomic E-state index is -3.09. The average molecular weight is 248 g/mol. The molecule has 94 valence electrons. The van der Waals surface area contributed by atoms with Crippen LogP contribution in [0.15, 0.2) is 6.20 Å². The van der Waals surface area contributed by atoms with Crippen LogP contribution in [0.25, 0.3) is 0 Å². The molecule has 0 bridgehead atoms. The number of carbonyl (C=O) groups excluding carboxylic acids is 1. The molecule has 0 spiro atoms. The Bertz CT molecular complexity index is 424. The van der Waals surface area contributed by atoms with Gasteiger partial charge in [-0.3, -0.25) is 9.78 Å². The number of carbonyl (C=O) groups is 1. The molecule has 0 fully saturated rings. The van der Waals surface area contributed by atoms with Crippen molar-refractivity contribution in [2.45, 2.75) is 19.8 Å². The van der Waals surface area contributed by atoms with Gasteiger partial charge in [-0.25, -0.2) is 13.2 Å². The van der Waals surface area contributed by atoms with E-state index in [9.17, 15) is 18.0 Å². The van der Waals surface area contributed by atoms with Crippen molar-refractivity contribution in [1.29, 1.82) is 0 Å². The normalized spacial score (nSPS) is 10.6. The van der Waals surface area contributed by atoms with Crippen LogP contribution in [0, 0.1) is 5.82 Å². The Labute approximate surface area is 95.6 Å². The predicted molar refractivity (Wildman–Crippen MR) is 53.9 cm³/mol. The van der Waals surface area contributed by atoms with Crippen molar-refractivity contribution in [3.63, 3.8) is 0 Å². The third-order valence-electron chi connectivity index (χ3n) is 2.00. The van der Waals surface area contributed by atoms with Crippen LogP contribution in [0.5, 0.6) is 0 Å². The van der Waals surface area contributed by atoms with Crippen LogP contribution in [-0.2, 0) is 16.0 Å². The molecule has 7 heteroatoms. The van der Waals surface area contributed by atoms with Gasteiger partial charge in [0.25, 0.3) is 6.43 Å². The molecule has 0 aromatic carbocycles. The summed E-state index contributed by atoms with van der Waals surface area (Å²) in [5, 5.41) is 0. The monoisotopic (exact) mass is 248 g/mol. The zero-order chi connectivity index (χ0) is 13.0. The number of aromatic nitrogens is 1. The van der Waals surface area contributed by atoms with Gasteiger partial charge in [0.2, 0.25) is 0 Å². The second-order valence-electron chi connectivity index (χ2n) is 3.17. The zero-order valence-electron chi connectivity index (χ0n) is 9.04. The highest BCUT2D eigenvalue weighted by molar-refractivity contribution is 5.72. The predicted octanol–water partition coefficient (Wildman–Crippen LogP) is 1.85. The maximum Gasteiger partial charge on any atom is 0.311 e. The van der Waals surface area contributed by atoms with Crippen LogP contribution in [0.1, 0.15) is 24.6 Å². The SMILES string of the molecule is CCOC(=O)Cc1ncc(N)c(F)c1C(F)F. The highest BCUT2D eigenvalue weighted by atomic mass is 19.3. The van der Waals surface area contributed by atoms with E-state index < -0.39 is 35.9 Å². The molecule has 1 aromatic heterocycles. The number of pyridine rings is 1. The van der Waals surface area contributed by atoms with Gasteiger partial charge in [0.05, 0.1) is 36.2 Å². The number of hydrogen-bond acceptors (Lipinski definition) is 4. The van der Waals surface area contributed by atoms with Gasteiger partial charge in [0, 0.05) is 0 Å². The van der Waals surface area contributed by atoms with E-state index in [1.807, 2.05) is 0 Å². The minimum absolute atomic E-state index is 0.111. The van der Waals surface area contributed by atoms with Crippen LogP contribution >= 0.6 is 0 Å². The van der Waals surface area contributed by atoms with E-state index in [0.717, 1.165) is 6.20 Å². The fourth-order valence-corrected chi connectivity index (χ4v) is 1.27. The number of nitrogens with zero attached hydrogens (tertiary/aromatic N) is 1. The Hall–Kier alpha value is -1.79. The van der Waals surface area contributed by atoms with Gasteiger partial charge in [-0.1, -0.05) is 0 Å². The first-order valence-corrected chi connectivity index (χ1v) is 4.83. The standard InChI is InChI=1S/C10H11F3N2O2/c1-2-17-7(16)3-6-8(10(12)13)9(11)5(14)4-15-6/h4,10H,2-3,14H2,1H3. The highest BCUT2D eigenvalue weighted by Crippen LogP contribution is 2.28. The molecule has 1 rings (SSSR count). The van der Waals surface area contributed by atoms with Gasteiger partial charge in [0.1, 0.15) is 0 Å². The summed E-state index contributed by atoms with van der Waals surface area (Å²) in [6.45, 7) is 1.68. The Morgan fingerprint density at radius 3 is 2.76 bits per heavy atom. The summed E-state index contributed by atoms with van der Waals surface area (Å²) >= 11 is 0. The number of hydrogen-bond donors (Lipinski definition) is 1. The van der Waals surface area contributed by atoms with Gasteiger partial charge < -0.3 is 10.5 Å². The van der Waals surface area contributed by atoms with E-state index in [4.69, 9.17) is 5.73 Å². The van der Waals surface area contributed by atoms with E-state index in [-0.39, 0.29) is 12.3 Å². The molecule has 0 unspecified atom stereocenters.